The average molecular weight is 458 g/mol. The third-order valence-electron chi connectivity index (χ3n) is 7.57. The summed E-state index contributed by atoms with van der Waals surface area (Å²) in [4.78, 5) is 18.4. The van der Waals surface area contributed by atoms with Crippen molar-refractivity contribution in [1.82, 2.24) is 9.80 Å². The lowest BCUT2D eigenvalue weighted by atomic mass is 9.96. The van der Waals surface area contributed by atoms with Gasteiger partial charge in [0.1, 0.15) is 11.5 Å². The molecule has 3 aromatic rings. The Morgan fingerprint density at radius 2 is 1.68 bits per heavy atom. The molecule has 1 aromatic heterocycles. The Kier molecular flexibility index (Phi) is 6.57. The second kappa shape index (κ2) is 9.77. The van der Waals surface area contributed by atoms with E-state index in [9.17, 15) is 4.79 Å². The number of furan rings is 1. The number of amides is 1. The van der Waals surface area contributed by atoms with Crippen LogP contribution in [0.3, 0.4) is 0 Å². The molecule has 2 aliphatic rings. The fourth-order valence-electron chi connectivity index (χ4n) is 5.70. The van der Waals surface area contributed by atoms with Crippen molar-refractivity contribution in [3.05, 3.63) is 94.9 Å². The van der Waals surface area contributed by atoms with Crippen LogP contribution in [-0.2, 0) is 0 Å². The summed E-state index contributed by atoms with van der Waals surface area (Å²) in [5.74, 6) is 2.31. The summed E-state index contributed by atoms with van der Waals surface area (Å²) in [5.41, 5.74) is 9.40. The zero-order valence-corrected chi connectivity index (χ0v) is 20.2. The molecule has 2 fully saturated rings. The van der Waals surface area contributed by atoms with E-state index in [1.165, 1.54) is 17.5 Å². The van der Waals surface area contributed by atoms with E-state index in [1.807, 2.05) is 19.9 Å². The Hall–Kier alpha value is -2.89. The maximum atomic E-state index is 13.8. The van der Waals surface area contributed by atoms with Crippen LogP contribution < -0.4 is 5.73 Å². The van der Waals surface area contributed by atoms with Gasteiger partial charge in [-0.3, -0.25) is 4.79 Å². The quantitative estimate of drug-likeness (QED) is 0.560. The number of carbonyl (C=O) groups excluding carboxylic acids is 1. The first-order valence-corrected chi connectivity index (χ1v) is 12.5. The highest BCUT2D eigenvalue weighted by Gasteiger charge is 2.39. The first-order valence-electron chi connectivity index (χ1n) is 12.5. The van der Waals surface area contributed by atoms with E-state index in [0.29, 0.717) is 28.9 Å². The molecule has 2 N–H and O–H groups in total. The van der Waals surface area contributed by atoms with Gasteiger partial charge in [-0.15, -0.1) is 0 Å². The second-order valence-electron chi connectivity index (χ2n) is 10.0. The van der Waals surface area contributed by atoms with E-state index in [0.717, 1.165) is 32.6 Å². The summed E-state index contributed by atoms with van der Waals surface area (Å²) >= 11 is 0. The number of hydrogen-bond donors (Lipinski definition) is 1. The number of nitrogens with zero attached hydrogens (tertiary/aromatic N) is 2. The molecule has 178 valence electrons. The van der Waals surface area contributed by atoms with Crippen LogP contribution in [0.25, 0.3) is 0 Å². The van der Waals surface area contributed by atoms with Crippen LogP contribution in [-0.4, -0.2) is 47.9 Å². The highest BCUT2D eigenvalue weighted by atomic mass is 16.3. The van der Waals surface area contributed by atoms with Gasteiger partial charge in [0.2, 0.25) is 0 Å². The molecular weight excluding hydrogens is 422 g/mol. The summed E-state index contributed by atoms with van der Waals surface area (Å²) in [6, 6.07) is 23.2. The van der Waals surface area contributed by atoms with Gasteiger partial charge in [-0.25, -0.2) is 0 Å². The monoisotopic (exact) mass is 457 g/mol. The minimum atomic E-state index is -0.230. The molecule has 0 bridgehead atoms. The third-order valence-corrected chi connectivity index (χ3v) is 7.57. The lowest BCUT2D eigenvalue weighted by molar-refractivity contribution is 0.0705. The molecule has 2 aromatic carbocycles. The van der Waals surface area contributed by atoms with Crippen LogP contribution >= 0.6 is 0 Å². The zero-order chi connectivity index (χ0) is 23.7. The third kappa shape index (κ3) is 4.68. The fourth-order valence-corrected chi connectivity index (χ4v) is 5.70. The van der Waals surface area contributed by atoms with Crippen molar-refractivity contribution in [3.8, 4) is 0 Å². The van der Waals surface area contributed by atoms with Crippen molar-refractivity contribution in [2.45, 2.75) is 50.6 Å². The number of nitrogens with two attached hydrogens (primary N) is 1. The van der Waals surface area contributed by atoms with Gasteiger partial charge in [0.05, 0.1) is 11.6 Å². The molecule has 34 heavy (non-hydrogen) atoms. The van der Waals surface area contributed by atoms with Gasteiger partial charge >= 0.3 is 0 Å². The smallest absolute Gasteiger partial charge is 0.257 e. The first-order chi connectivity index (χ1) is 16.5. The maximum Gasteiger partial charge on any atom is 0.257 e. The minimum absolute atomic E-state index is 0.0652. The van der Waals surface area contributed by atoms with Gasteiger partial charge in [-0.05, 0) is 56.3 Å². The lowest BCUT2D eigenvalue weighted by Gasteiger charge is -2.28. The van der Waals surface area contributed by atoms with Gasteiger partial charge in [0.15, 0.2) is 0 Å². The molecule has 0 saturated carbocycles. The predicted octanol–water partition coefficient (Wildman–Crippen LogP) is 5.10. The van der Waals surface area contributed by atoms with Crippen LogP contribution in [0, 0.1) is 6.92 Å². The summed E-state index contributed by atoms with van der Waals surface area (Å²) in [6.07, 6.45) is 2.16. The van der Waals surface area contributed by atoms with E-state index >= 15 is 0 Å². The largest absolute Gasteiger partial charge is 0.464 e. The minimum Gasteiger partial charge on any atom is -0.464 e. The molecule has 2 aliphatic heterocycles. The molecular formula is C29H35N3O2. The van der Waals surface area contributed by atoms with Crippen LogP contribution in [0.5, 0.6) is 0 Å². The number of likely N-dealkylation sites (tertiary alicyclic amines) is 2. The van der Waals surface area contributed by atoms with Crippen LogP contribution in [0.15, 0.2) is 71.1 Å². The summed E-state index contributed by atoms with van der Waals surface area (Å²) in [6.45, 7) is 7.53. The van der Waals surface area contributed by atoms with Gasteiger partial charge in [-0.2, -0.15) is 0 Å². The van der Waals surface area contributed by atoms with Gasteiger partial charge in [0, 0.05) is 31.6 Å². The Morgan fingerprint density at radius 1 is 1.03 bits per heavy atom. The molecule has 2 saturated heterocycles. The maximum absolute atomic E-state index is 13.8. The zero-order valence-electron chi connectivity index (χ0n) is 20.2. The summed E-state index contributed by atoms with van der Waals surface area (Å²) in [7, 11) is 0. The van der Waals surface area contributed by atoms with Crippen LogP contribution in [0.1, 0.15) is 70.6 Å². The molecule has 5 nitrogen and oxygen atoms in total. The molecule has 0 radical (unpaired) electrons. The van der Waals surface area contributed by atoms with Crippen LogP contribution in [0.2, 0.25) is 0 Å². The van der Waals surface area contributed by atoms with E-state index in [2.05, 4.69) is 70.5 Å². The molecule has 1 amide bonds. The number of benzene rings is 2. The van der Waals surface area contributed by atoms with E-state index in [4.69, 9.17) is 10.2 Å². The molecule has 3 heterocycles. The topological polar surface area (TPSA) is 62.7 Å². The van der Waals surface area contributed by atoms with Crippen molar-refractivity contribution < 1.29 is 9.21 Å². The Bertz CT molecular complexity index is 1110. The predicted molar refractivity (Wildman–Crippen MR) is 135 cm³/mol. The van der Waals surface area contributed by atoms with E-state index < -0.39 is 0 Å². The van der Waals surface area contributed by atoms with Crippen molar-refractivity contribution in [2.75, 3.05) is 26.2 Å². The molecule has 0 spiro atoms. The molecule has 5 rings (SSSR count). The van der Waals surface area contributed by atoms with Gasteiger partial charge < -0.3 is 20.0 Å². The Balaban J connectivity index is 1.35. The second-order valence-corrected chi connectivity index (χ2v) is 10.0. The van der Waals surface area contributed by atoms with Crippen molar-refractivity contribution in [2.24, 2.45) is 5.73 Å². The first kappa shape index (κ1) is 22.9. The Labute approximate surface area is 202 Å². The Morgan fingerprint density at radius 3 is 2.29 bits per heavy atom. The standard InChI is InChI=1S/C29H35N3O2/c1-20(30)28-16-27(21(2)34-28)29(33)32-18-25(23-11-7-4-8-12-23)15-26(32)19-31-14-13-24(17-31)22-9-5-3-6-10-22/h3-12,16,20,24-26H,13-15,17-19,30H2,1-2H3. The highest BCUT2D eigenvalue weighted by Crippen LogP contribution is 2.36. The van der Waals surface area contributed by atoms with Crippen molar-refractivity contribution in [1.29, 1.82) is 0 Å². The summed E-state index contributed by atoms with van der Waals surface area (Å²) in [5, 5.41) is 0. The molecule has 4 unspecified atom stereocenters. The highest BCUT2D eigenvalue weighted by molar-refractivity contribution is 5.95. The lowest BCUT2D eigenvalue weighted by Crippen LogP contribution is -2.42. The molecule has 0 aliphatic carbocycles. The molecule has 5 heteroatoms. The van der Waals surface area contributed by atoms with Crippen molar-refractivity contribution in [3.63, 3.8) is 0 Å². The van der Waals surface area contributed by atoms with Crippen molar-refractivity contribution >= 4 is 5.91 Å². The SMILES string of the molecule is Cc1oc(C(C)N)cc1C(=O)N1CC(c2ccccc2)CC1CN1CCC(c2ccccc2)C1. The van der Waals surface area contributed by atoms with E-state index in [-0.39, 0.29) is 18.0 Å². The normalized spacial score (nSPS) is 24.0. The number of carbonyl (C=O) groups is 1. The fraction of sp³-hybridized carbons (Fsp3) is 0.414. The number of hydrogen-bond acceptors (Lipinski definition) is 4. The summed E-state index contributed by atoms with van der Waals surface area (Å²) < 4.78 is 5.82. The molecule has 4 atom stereocenters. The number of aryl methyl sites for hydroxylation is 1. The number of rotatable bonds is 6. The van der Waals surface area contributed by atoms with Crippen LogP contribution in [0.4, 0.5) is 0 Å². The van der Waals surface area contributed by atoms with Gasteiger partial charge in [0.25, 0.3) is 5.91 Å². The average Bonchev–Trinajstić information content (AvgIpc) is 3.59. The van der Waals surface area contributed by atoms with Gasteiger partial charge in [-0.1, -0.05) is 60.7 Å². The van der Waals surface area contributed by atoms with E-state index in [1.54, 1.807) is 0 Å².